The van der Waals surface area contributed by atoms with Crippen molar-refractivity contribution in [3.05, 3.63) is 35.6 Å². The first-order valence-electron chi connectivity index (χ1n) is 9.21. The molecule has 4 heteroatoms. The number of piperidine rings is 2. The highest BCUT2D eigenvalue weighted by Gasteiger charge is 2.29. The van der Waals surface area contributed by atoms with Crippen LogP contribution in [0.1, 0.15) is 41.8 Å². The number of furan rings is 1. The molecule has 1 N–H and O–H groups in total. The lowest BCUT2D eigenvalue weighted by Gasteiger charge is -2.37. The van der Waals surface area contributed by atoms with Gasteiger partial charge in [-0.3, -0.25) is 4.79 Å². The number of likely N-dealkylation sites (tertiary alicyclic amines) is 1. The van der Waals surface area contributed by atoms with Gasteiger partial charge in [-0.15, -0.1) is 0 Å². The summed E-state index contributed by atoms with van der Waals surface area (Å²) in [5, 5.41) is 4.46. The zero-order valence-corrected chi connectivity index (χ0v) is 14.4. The molecule has 3 heterocycles. The van der Waals surface area contributed by atoms with Crippen molar-refractivity contribution in [3.63, 3.8) is 0 Å². The van der Waals surface area contributed by atoms with E-state index in [9.17, 15) is 4.79 Å². The van der Waals surface area contributed by atoms with Gasteiger partial charge in [0.2, 0.25) is 0 Å². The molecule has 4 rings (SSSR count). The molecule has 0 atom stereocenters. The molecule has 0 saturated carbocycles. The van der Waals surface area contributed by atoms with E-state index in [0.29, 0.717) is 0 Å². The summed E-state index contributed by atoms with van der Waals surface area (Å²) >= 11 is 0. The van der Waals surface area contributed by atoms with Gasteiger partial charge < -0.3 is 14.6 Å². The Morgan fingerprint density at radius 1 is 1.08 bits per heavy atom. The minimum Gasteiger partial charge on any atom is -0.461 e. The standard InChI is InChI=1S/C20H26N2O2/c1-14-12-18-13-17(2-3-19(18)24-14)20(23)22-10-6-16(7-11-22)15-4-8-21-9-5-15/h2-3,12-13,15-16,21H,4-11H2,1H3. The number of amides is 1. The second kappa shape index (κ2) is 6.60. The van der Waals surface area contributed by atoms with Gasteiger partial charge in [0, 0.05) is 24.0 Å². The Hall–Kier alpha value is -1.81. The van der Waals surface area contributed by atoms with Gasteiger partial charge in [-0.2, -0.15) is 0 Å². The maximum Gasteiger partial charge on any atom is 0.253 e. The average molecular weight is 326 g/mol. The van der Waals surface area contributed by atoms with Crippen LogP contribution in [0.5, 0.6) is 0 Å². The molecular weight excluding hydrogens is 300 g/mol. The Balaban J connectivity index is 1.41. The third kappa shape index (κ3) is 3.07. The van der Waals surface area contributed by atoms with Crippen LogP contribution < -0.4 is 5.32 Å². The Labute approximate surface area is 143 Å². The van der Waals surface area contributed by atoms with Crippen molar-refractivity contribution in [1.82, 2.24) is 10.2 Å². The van der Waals surface area contributed by atoms with E-state index in [-0.39, 0.29) is 5.91 Å². The van der Waals surface area contributed by atoms with Gasteiger partial charge in [-0.1, -0.05) is 0 Å². The summed E-state index contributed by atoms with van der Waals surface area (Å²) in [5.74, 6) is 2.71. The molecule has 1 amide bonds. The summed E-state index contributed by atoms with van der Waals surface area (Å²) in [6, 6.07) is 7.77. The average Bonchev–Trinajstić information content (AvgIpc) is 3.01. The highest BCUT2D eigenvalue weighted by atomic mass is 16.3. The van der Waals surface area contributed by atoms with Gasteiger partial charge in [0.25, 0.3) is 5.91 Å². The quantitative estimate of drug-likeness (QED) is 0.917. The largest absolute Gasteiger partial charge is 0.461 e. The van der Waals surface area contributed by atoms with E-state index in [1.807, 2.05) is 36.1 Å². The predicted molar refractivity (Wildman–Crippen MR) is 95.2 cm³/mol. The summed E-state index contributed by atoms with van der Waals surface area (Å²) < 4.78 is 5.60. The van der Waals surface area contributed by atoms with E-state index in [2.05, 4.69) is 5.32 Å². The Morgan fingerprint density at radius 3 is 2.54 bits per heavy atom. The fourth-order valence-electron chi connectivity index (χ4n) is 4.38. The summed E-state index contributed by atoms with van der Waals surface area (Å²) in [6.45, 7) is 6.06. The van der Waals surface area contributed by atoms with Gasteiger partial charge in [0.1, 0.15) is 11.3 Å². The summed E-state index contributed by atoms with van der Waals surface area (Å²) in [6.07, 6.45) is 4.91. The van der Waals surface area contributed by atoms with Gasteiger partial charge in [-0.25, -0.2) is 0 Å². The van der Waals surface area contributed by atoms with Crippen LogP contribution >= 0.6 is 0 Å². The Morgan fingerprint density at radius 2 is 1.79 bits per heavy atom. The van der Waals surface area contributed by atoms with Crippen molar-refractivity contribution in [2.24, 2.45) is 11.8 Å². The lowest BCUT2D eigenvalue weighted by atomic mass is 9.79. The number of fused-ring (bicyclic) bond motifs is 1. The zero-order valence-electron chi connectivity index (χ0n) is 14.4. The summed E-state index contributed by atoms with van der Waals surface area (Å²) in [4.78, 5) is 14.9. The molecule has 2 aliphatic rings. The highest BCUT2D eigenvalue weighted by Crippen LogP contribution is 2.31. The number of carbonyl (C=O) groups excluding carboxylic acids is 1. The van der Waals surface area contributed by atoms with Crippen LogP contribution in [0.3, 0.4) is 0 Å². The third-order valence-electron chi connectivity index (χ3n) is 5.76. The van der Waals surface area contributed by atoms with Crippen molar-refractivity contribution in [3.8, 4) is 0 Å². The van der Waals surface area contributed by atoms with Gasteiger partial charge >= 0.3 is 0 Å². The normalized spacial score (nSPS) is 20.6. The third-order valence-corrected chi connectivity index (χ3v) is 5.76. The van der Waals surface area contributed by atoms with E-state index in [1.165, 1.54) is 12.8 Å². The van der Waals surface area contributed by atoms with Crippen LogP contribution in [0.15, 0.2) is 28.7 Å². The van der Waals surface area contributed by atoms with Crippen LogP contribution in [0.4, 0.5) is 0 Å². The fraction of sp³-hybridized carbons (Fsp3) is 0.550. The number of nitrogens with one attached hydrogen (secondary N) is 1. The minimum atomic E-state index is 0.166. The van der Waals surface area contributed by atoms with Gasteiger partial charge in [0.15, 0.2) is 0 Å². The molecule has 0 spiro atoms. The van der Waals surface area contributed by atoms with Crippen LogP contribution in [-0.2, 0) is 0 Å². The SMILES string of the molecule is Cc1cc2cc(C(=O)N3CCC(C4CCNCC4)CC3)ccc2o1. The maximum absolute atomic E-state index is 12.8. The second-order valence-electron chi connectivity index (χ2n) is 7.33. The summed E-state index contributed by atoms with van der Waals surface area (Å²) in [7, 11) is 0. The zero-order chi connectivity index (χ0) is 16.5. The number of rotatable bonds is 2. The molecule has 0 unspecified atom stereocenters. The van der Waals surface area contributed by atoms with E-state index in [4.69, 9.17) is 4.42 Å². The highest BCUT2D eigenvalue weighted by molar-refractivity contribution is 5.97. The van der Waals surface area contributed by atoms with E-state index in [1.54, 1.807) is 0 Å². The molecular formula is C20H26N2O2. The van der Waals surface area contributed by atoms with Crippen molar-refractivity contribution in [2.75, 3.05) is 26.2 Å². The smallest absolute Gasteiger partial charge is 0.253 e. The van der Waals surface area contributed by atoms with E-state index in [0.717, 1.165) is 73.1 Å². The van der Waals surface area contributed by atoms with Crippen molar-refractivity contribution in [1.29, 1.82) is 0 Å². The minimum absolute atomic E-state index is 0.166. The Kier molecular flexibility index (Phi) is 4.31. The number of hydrogen-bond acceptors (Lipinski definition) is 3. The molecule has 2 saturated heterocycles. The lowest BCUT2D eigenvalue weighted by Crippen LogP contribution is -2.42. The van der Waals surface area contributed by atoms with E-state index < -0.39 is 0 Å². The van der Waals surface area contributed by atoms with Crippen LogP contribution in [0, 0.1) is 18.8 Å². The molecule has 4 nitrogen and oxygen atoms in total. The first-order chi connectivity index (χ1) is 11.7. The number of carbonyl (C=O) groups is 1. The topological polar surface area (TPSA) is 45.5 Å². The van der Waals surface area contributed by atoms with Crippen LogP contribution in [-0.4, -0.2) is 37.0 Å². The molecule has 2 fully saturated rings. The van der Waals surface area contributed by atoms with Crippen molar-refractivity contribution >= 4 is 16.9 Å². The molecule has 0 aliphatic carbocycles. The van der Waals surface area contributed by atoms with Gasteiger partial charge in [0.05, 0.1) is 0 Å². The second-order valence-corrected chi connectivity index (χ2v) is 7.33. The molecule has 0 bridgehead atoms. The van der Waals surface area contributed by atoms with Crippen LogP contribution in [0.25, 0.3) is 11.0 Å². The number of aryl methyl sites for hydroxylation is 1. The lowest BCUT2D eigenvalue weighted by molar-refractivity contribution is 0.0642. The molecule has 0 radical (unpaired) electrons. The number of nitrogens with zero attached hydrogens (tertiary/aromatic N) is 1. The maximum atomic E-state index is 12.8. The Bertz CT molecular complexity index is 722. The van der Waals surface area contributed by atoms with Gasteiger partial charge in [-0.05, 0) is 81.8 Å². The monoisotopic (exact) mass is 326 g/mol. The molecule has 24 heavy (non-hydrogen) atoms. The van der Waals surface area contributed by atoms with Crippen LogP contribution in [0.2, 0.25) is 0 Å². The first-order valence-corrected chi connectivity index (χ1v) is 9.21. The first kappa shape index (κ1) is 15.7. The summed E-state index contributed by atoms with van der Waals surface area (Å²) in [5.41, 5.74) is 1.64. The molecule has 128 valence electrons. The molecule has 1 aromatic carbocycles. The molecule has 1 aromatic heterocycles. The number of hydrogen-bond donors (Lipinski definition) is 1. The fourth-order valence-corrected chi connectivity index (χ4v) is 4.38. The number of benzene rings is 1. The molecule has 2 aliphatic heterocycles. The van der Waals surface area contributed by atoms with Crippen molar-refractivity contribution in [2.45, 2.75) is 32.6 Å². The predicted octanol–water partition coefficient (Wildman–Crippen LogP) is 3.59. The molecule has 2 aromatic rings. The van der Waals surface area contributed by atoms with Crippen molar-refractivity contribution < 1.29 is 9.21 Å². The van der Waals surface area contributed by atoms with E-state index >= 15 is 0 Å².